The summed E-state index contributed by atoms with van der Waals surface area (Å²) in [6.45, 7) is 2.70. The molecule has 2 amide bonds. The van der Waals surface area contributed by atoms with E-state index in [9.17, 15) is 9.59 Å². The number of hydrogen-bond donors (Lipinski definition) is 1. The van der Waals surface area contributed by atoms with Crippen molar-refractivity contribution in [3.8, 4) is 11.5 Å². The van der Waals surface area contributed by atoms with Crippen LogP contribution in [0.2, 0.25) is 0 Å². The molecule has 1 aliphatic rings. The molecule has 7 heteroatoms. The Morgan fingerprint density at radius 1 is 0.824 bits per heavy atom. The maximum Gasteiger partial charge on any atom is 0.254 e. The third kappa shape index (κ3) is 5.67. The van der Waals surface area contributed by atoms with Crippen LogP contribution in [0, 0.1) is 0 Å². The molecule has 176 valence electrons. The van der Waals surface area contributed by atoms with E-state index in [0.29, 0.717) is 36.6 Å². The molecule has 1 heterocycles. The number of anilines is 2. The van der Waals surface area contributed by atoms with Crippen LogP contribution in [0.15, 0.2) is 72.8 Å². The smallest absolute Gasteiger partial charge is 0.254 e. The molecule has 0 spiro atoms. The highest BCUT2D eigenvalue weighted by molar-refractivity contribution is 5.95. The minimum Gasteiger partial charge on any atom is -0.497 e. The fourth-order valence-electron chi connectivity index (χ4n) is 4.02. The summed E-state index contributed by atoms with van der Waals surface area (Å²) in [7, 11) is 3.14. The maximum absolute atomic E-state index is 13.0. The fourth-order valence-corrected chi connectivity index (χ4v) is 4.02. The quantitative estimate of drug-likeness (QED) is 0.581. The Bertz CT molecular complexity index is 1100. The number of nitrogens with zero attached hydrogens (tertiary/aromatic N) is 2. The fraction of sp³-hybridized carbons (Fsp3) is 0.259. The van der Waals surface area contributed by atoms with E-state index in [0.717, 1.165) is 30.0 Å². The number of amides is 2. The zero-order valence-electron chi connectivity index (χ0n) is 19.5. The summed E-state index contributed by atoms with van der Waals surface area (Å²) in [5, 5.41) is 2.95. The number of benzene rings is 3. The zero-order valence-corrected chi connectivity index (χ0v) is 19.5. The summed E-state index contributed by atoms with van der Waals surface area (Å²) < 4.78 is 10.6. The van der Waals surface area contributed by atoms with E-state index in [-0.39, 0.29) is 11.8 Å². The van der Waals surface area contributed by atoms with Gasteiger partial charge in [-0.2, -0.15) is 0 Å². The lowest BCUT2D eigenvalue weighted by Crippen LogP contribution is -2.48. The second-order valence-electron chi connectivity index (χ2n) is 8.14. The van der Waals surface area contributed by atoms with E-state index in [1.54, 1.807) is 32.4 Å². The Hall–Kier alpha value is -4.00. The summed E-state index contributed by atoms with van der Waals surface area (Å²) in [4.78, 5) is 29.4. The van der Waals surface area contributed by atoms with Crippen molar-refractivity contribution in [2.24, 2.45) is 0 Å². The molecule has 34 heavy (non-hydrogen) atoms. The molecule has 0 aromatic heterocycles. The highest BCUT2D eigenvalue weighted by Crippen LogP contribution is 2.25. The van der Waals surface area contributed by atoms with Crippen molar-refractivity contribution in [1.29, 1.82) is 0 Å². The lowest BCUT2D eigenvalue weighted by molar-refractivity contribution is -0.115. The third-order valence-electron chi connectivity index (χ3n) is 5.89. The lowest BCUT2D eigenvalue weighted by atomic mass is 10.1. The van der Waals surface area contributed by atoms with Gasteiger partial charge in [-0.1, -0.05) is 30.3 Å². The second kappa shape index (κ2) is 10.7. The van der Waals surface area contributed by atoms with Gasteiger partial charge in [0.25, 0.3) is 5.91 Å². The topological polar surface area (TPSA) is 71.1 Å². The molecule has 1 fully saturated rings. The van der Waals surface area contributed by atoms with E-state index in [1.165, 1.54) is 0 Å². The van der Waals surface area contributed by atoms with Crippen molar-refractivity contribution in [2.75, 3.05) is 50.6 Å². The van der Waals surface area contributed by atoms with E-state index >= 15 is 0 Å². The number of methoxy groups -OCH3 is 2. The van der Waals surface area contributed by atoms with Crippen molar-refractivity contribution in [3.05, 3.63) is 83.9 Å². The van der Waals surface area contributed by atoms with Gasteiger partial charge in [-0.25, -0.2) is 0 Å². The molecule has 0 radical (unpaired) electrons. The van der Waals surface area contributed by atoms with Gasteiger partial charge in [-0.3, -0.25) is 9.59 Å². The Kier molecular flexibility index (Phi) is 7.32. The van der Waals surface area contributed by atoms with Gasteiger partial charge >= 0.3 is 0 Å². The molecule has 0 atom stereocenters. The van der Waals surface area contributed by atoms with Gasteiger partial charge < -0.3 is 24.6 Å². The van der Waals surface area contributed by atoms with Gasteiger partial charge in [-0.15, -0.1) is 0 Å². The molecule has 0 unspecified atom stereocenters. The summed E-state index contributed by atoms with van der Waals surface area (Å²) in [5.74, 6) is 1.11. The molecule has 0 aliphatic carbocycles. The molecule has 1 saturated heterocycles. The lowest BCUT2D eigenvalue weighted by Gasteiger charge is -2.36. The van der Waals surface area contributed by atoms with Crippen LogP contribution in [0.4, 0.5) is 11.4 Å². The molecule has 0 bridgehead atoms. The molecular formula is C27H29N3O4. The molecule has 7 nitrogen and oxygen atoms in total. The van der Waals surface area contributed by atoms with Crippen LogP contribution in [0.3, 0.4) is 0 Å². The highest BCUT2D eigenvalue weighted by Gasteiger charge is 2.23. The maximum atomic E-state index is 13.0. The largest absolute Gasteiger partial charge is 0.497 e. The Balaban J connectivity index is 1.32. The number of nitrogens with one attached hydrogen (secondary N) is 1. The molecule has 1 aliphatic heterocycles. The van der Waals surface area contributed by atoms with Crippen LogP contribution in [0.1, 0.15) is 15.9 Å². The predicted octanol–water partition coefficient (Wildman–Crippen LogP) is 3.85. The molecule has 3 aromatic rings. The Morgan fingerprint density at radius 3 is 2.03 bits per heavy atom. The van der Waals surface area contributed by atoms with Gasteiger partial charge in [0.15, 0.2) is 0 Å². The number of piperazine rings is 1. The van der Waals surface area contributed by atoms with Crippen molar-refractivity contribution < 1.29 is 19.1 Å². The standard InChI is InChI=1S/C27H29N3O4/c1-33-24-17-21(18-25(19-24)34-2)27(32)30-14-12-29(13-15-30)23-10-8-22(9-11-23)28-26(31)16-20-6-4-3-5-7-20/h3-11,17-19H,12-16H2,1-2H3,(H,28,31). The Morgan fingerprint density at radius 2 is 1.44 bits per heavy atom. The van der Waals surface area contributed by atoms with E-state index in [2.05, 4.69) is 10.2 Å². The predicted molar refractivity (Wildman–Crippen MR) is 133 cm³/mol. The van der Waals surface area contributed by atoms with E-state index in [4.69, 9.17) is 9.47 Å². The average molecular weight is 460 g/mol. The SMILES string of the molecule is COc1cc(OC)cc(C(=O)N2CCN(c3ccc(NC(=O)Cc4ccccc4)cc3)CC2)c1. The monoisotopic (exact) mass is 459 g/mol. The van der Waals surface area contributed by atoms with E-state index < -0.39 is 0 Å². The number of rotatable bonds is 7. The number of ether oxygens (including phenoxy) is 2. The molecule has 4 rings (SSSR count). The minimum atomic E-state index is -0.0414. The summed E-state index contributed by atoms with van der Waals surface area (Å²) in [6.07, 6.45) is 0.345. The normalized spacial score (nSPS) is 13.4. The average Bonchev–Trinajstić information content (AvgIpc) is 2.89. The molecular weight excluding hydrogens is 430 g/mol. The minimum absolute atomic E-state index is 0.0340. The van der Waals surface area contributed by atoms with Crippen LogP contribution >= 0.6 is 0 Å². The second-order valence-corrected chi connectivity index (χ2v) is 8.14. The molecule has 1 N–H and O–H groups in total. The highest BCUT2D eigenvalue weighted by atomic mass is 16.5. The van der Waals surface area contributed by atoms with Crippen molar-refractivity contribution >= 4 is 23.2 Å². The summed E-state index contributed by atoms with van der Waals surface area (Å²) in [6, 6.07) is 22.7. The van der Waals surface area contributed by atoms with Gasteiger partial charge in [0.2, 0.25) is 5.91 Å². The third-order valence-corrected chi connectivity index (χ3v) is 5.89. The van der Waals surface area contributed by atoms with Crippen molar-refractivity contribution in [3.63, 3.8) is 0 Å². The molecule has 3 aromatic carbocycles. The van der Waals surface area contributed by atoms with Gasteiger partial charge in [0, 0.05) is 49.2 Å². The zero-order chi connectivity index (χ0) is 23.9. The van der Waals surface area contributed by atoms with Crippen molar-refractivity contribution in [2.45, 2.75) is 6.42 Å². The Labute approximate surface area is 199 Å². The summed E-state index contributed by atoms with van der Waals surface area (Å²) in [5.41, 5.74) is 3.37. The van der Waals surface area contributed by atoms with Gasteiger partial charge in [0.1, 0.15) is 11.5 Å². The number of hydrogen-bond acceptors (Lipinski definition) is 5. The first kappa shape index (κ1) is 23.2. The first-order valence-corrected chi connectivity index (χ1v) is 11.3. The van der Waals surface area contributed by atoms with E-state index in [1.807, 2.05) is 59.5 Å². The van der Waals surface area contributed by atoms with Gasteiger partial charge in [-0.05, 0) is 42.0 Å². The van der Waals surface area contributed by atoms with Crippen LogP contribution < -0.4 is 19.7 Å². The molecule has 0 saturated carbocycles. The van der Waals surface area contributed by atoms with Crippen LogP contribution in [0.25, 0.3) is 0 Å². The summed E-state index contributed by atoms with van der Waals surface area (Å²) >= 11 is 0. The van der Waals surface area contributed by atoms with Crippen LogP contribution in [-0.2, 0) is 11.2 Å². The van der Waals surface area contributed by atoms with Gasteiger partial charge in [0.05, 0.1) is 20.6 Å². The first-order chi connectivity index (χ1) is 16.6. The number of carbonyl (C=O) groups excluding carboxylic acids is 2. The first-order valence-electron chi connectivity index (χ1n) is 11.3. The number of carbonyl (C=O) groups is 2. The van der Waals surface area contributed by atoms with Crippen LogP contribution in [-0.4, -0.2) is 57.1 Å². The van der Waals surface area contributed by atoms with Crippen molar-refractivity contribution in [1.82, 2.24) is 4.90 Å². The van der Waals surface area contributed by atoms with Crippen LogP contribution in [0.5, 0.6) is 11.5 Å².